The predicted molar refractivity (Wildman–Crippen MR) is 98.5 cm³/mol. The molecule has 0 aromatic rings. The van der Waals surface area contributed by atoms with Crippen LogP contribution in [0.2, 0.25) is 0 Å². The Labute approximate surface area is 152 Å². The Bertz CT molecular complexity index is 341. The number of likely N-dealkylation sites (tertiary alicyclic amines) is 1. The number of halogens is 2. The van der Waals surface area contributed by atoms with Gasteiger partial charge < -0.3 is 15.8 Å². The van der Waals surface area contributed by atoms with Crippen LogP contribution >= 0.6 is 24.8 Å². The van der Waals surface area contributed by atoms with E-state index in [1.807, 2.05) is 0 Å². The van der Waals surface area contributed by atoms with Gasteiger partial charge in [0.2, 0.25) is 5.91 Å². The number of nitrogens with one attached hydrogen (secondary N) is 1. The topological polar surface area (TPSA) is 67.6 Å². The van der Waals surface area contributed by atoms with Crippen molar-refractivity contribution in [1.29, 1.82) is 0 Å². The van der Waals surface area contributed by atoms with Crippen molar-refractivity contribution in [3.05, 3.63) is 0 Å². The summed E-state index contributed by atoms with van der Waals surface area (Å²) in [6.07, 6.45) is 5.65. The van der Waals surface area contributed by atoms with E-state index in [1.54, 1.807) is 0 Å². The highest BCUT2D eigenvalue weighted by atomic mass is 35.5. The van der Waals surface area contributed by atoms with E-state index in [9.17, 15) is 4.79 Å². The Morgan fingerprint density at radius 1 is 1.26 bits per heavy atom. The molecule has 5 nitrogen and oxygen atoms in total. The summed E-state index contributed by atoms with van der Waals surface area (Å²) in [6.45, 7) is 7.78. The van der Waals surface area contributed by atoms with Crippen molar-refractivity contribution in [3.63, 3.8) is 0 Å². The molecule has 3 N–H and O–H groups in total. The smallest absolute Gasteiger partial charge is 0.237 e. The molecule has 23 heavy (non-hydrogen) atoms. The zero-order chi connectivity index (χ0) is 15.2. The molecule has 138 valence electrons. The van der Waals surface area contributed by atoms with Crippen molar-refractivity contribution in [2.45, 2.75) is 64.1 Å². The number of amides is 1. The minimum atomic E-state index is -0.389. The van der Waals surface area contributed by atoms with Crippen LogP contribution in [0.1, 0.15) is 46.0 Å². The second kappa shape index (κ2) is 11.5. The SMILES string of the molecule is CC1CCCCN1C(C)CNC(=O)C(N)C1CCOCC1.Cl.Cl. The van der Waals surface area contributed by atoms with Crippen molar-refractivity contribution >= 4 is 30.7 Å². The summed E-state index contributed by atoms with van der Waals surface area (Å²) in [5, 5.41) is 3.05. The summed E-state index contributed by atoms with van der Waals surface area (Å²) < 4.78 is 5.33. The first-order valence-electron chi connectivity index (χ1n) is 8.46. The van der Waals surface area contributed by atoms with Gasteiger partial charge >= 0.3 is 0 Å². The second-order valence-corrected chi connectivity index (χ2v) is 6.65. The number of piperidine rings is 1. The summed E-state index contributed by atoms with van der Waals surface area (Å²) in [6, 6.07) is 0.612. The predicted octanol–water partition coefficient (Wildman–Crippen LogP) is 1.96. The van der Waals surface area contributed by atoms with Gasteiger partial charge in [-0.05, 0) is 52.0 Å². The van der Waals surface area contributed by atoms with Crippen LogP contribution in [0.3, 0.4) is 0 Å². The lowest BCUT2D eigenvalue weighted by atomic mass is 9.92. The minimum Gasteiger partial charge on any atom is -0.381 e. The quantitative estimate of drug-likeness (QED) is 0.777. The molecule has 2 aliphatic heterocycles. The maximum Gasteiger partial charge on any atom is 0.237 e. The van der Waals surface area contributed by atoms with Crippen molar-refractivity contribution < 1.29 is 9.53 Å². The van der Waals surface area contributed by atoms with Crippen LogP contribution in [0.4, 0.5) is 0 Å². The maximum atomic E-state index is 12.2. The summed E-state index contributed by atoms with van der Waals surface area (Å²) in [7, 11) is 0. The monoisotopic (exact) mass is 369 g/mol. The number of ether oxygens (including phenoxy) is 1. The molecule has 0 bridgehead atoms. The number of nitrogens with zero attached hydrogens (tertiary/aromatic N) is 1. The molecule has 3 atom stereocenters. The Balaban J connectivity index is 0.00000242. The molecular weight excluding hydrogens is 337 g/mol. The van der Waals surface area contributed by atoms with Gasteiger partial charge in [0.15, 0.2) is 0 Å². The number of carbonyl (C=O) groups excluding carboxylic acids is 1. The minimum absolute atomic E-state index is 0. The highest BCUT2D eigenvalue weighted by Gasteiger charge is 2.28. The molecule has 2 heterocycles. The lowest BCUT2D eigenvalue weighted by Crippen LogP contribution is -2.52. The Kier molecular flexibility index (Phi) is 11.4. The summed E-state index contributed by atoms with van der Waals surface area (Å²) >= 11 is 0. The Morgan fingerprint density at radius 3 is 2.52 bits per heavy atom. The first kappa shape index (κ1) is 22.9. The molecule has 0 aliphatic carbocycles. The number of carbonyl (C=O) groups is 1. The van der Waals surface area contributed by atoms with E-state index in [-0.39, 0.29) is 42.7 Å². The van der Waals surface area contributed by atoms with Crippen LogP contribution in [0, 0.1) is 5.92 Å². The third kappa shape index (κ3) is 6.75. The van der Waals surface area contributed by atoms with Gasteiger partial charge in [-0.25, -0.2) is 0 Å². The molecule has 2 rings (SSSR count). The van der Waals surface area contributed by atoms with Gasteiger partial charge in [0, 0.05) is 31.8 Å². The van der Waals surface area contributed by atoms with Crippen molar-refractivity contribution in [1.82, 2.24) is 10.2 Å². The largest absolute Gasteiger partial charge is 0.381 e. The fraction of sp³-hybridized carbons (Fsp3) is 0.938. The molecule has 2 saturated heterocycles. The molecule has 0 radical (unpaired) electrons. The number of hydrogen-bond donors (Lipinski definition) is 2. The number of rotatable bonds is 5. The fourth-order valence-corrected chi connectivity index (χ4v) is 3.55. The second-order valence-electron chi connectivity index (χ2n) is 6.65. The molecule has 1 amide bonds. The van der Waals surface area contributed by atoms with E-state index in [2.05, 4.69) is 24.1 Å². The van der Waals surface area contributed by atoms with Crippen molar-refractivity contribution in [3.8, 4) is 0 Å². The van der Waals surface area contributed by atoms with Crippen LogP contribution in [0.25, 0.3) is 0 Å². The van der Waals surface area contributed by atoms with Crippen LogP contribution in [0.15, 0.2) is 0 Å². The molecule has 0 aromatic carbocycles. The third-order valence-corrected chi connectivity index (χ3v) is 5.07. The average molecular weight is 370 g/mol. The Morgan fingerprint density at radius 2 is 1.91 bits per heavy atom. The van der Waals surface area contributed by atoms with Crippen LogP contribution in [-0.2, 0) is 9.53 Å². The number of nitrogens with two attached hydrogens (primary N) is 1. The summed E-state index contributed by atoms with van der Waals surface area (Å²) in [5.74, 6) is 0.265. The first-order valence-corrected chi connectivity index (χ1v) is 8.46. The fourth-order valence-electron chi connectivity index (χ4n) is 3.55. The Hall–Kier alpha value is -0.0700. The van der Waals surface area contributed by atoms with E-state index in [1.165, 1.54) is 19.3 Å². The van der Waals surface area contributed by atoms with E-state index < -0.39 is 0 Å². The summed E-state index contributed by atoms with van der Waals surface area (Å²) in [5.41, 5.74) is 6.10. The highest BCUT2D eigenvalue weighted by Crippen LogP contribution is 2.19. The standard InChI is InChI=1S/C16H31N3O2.2ClH/c1-12-5-3-4-8-19(12)13(2)11-18-16(20)15(17)14-6-9-21-10-7-14;;/h12-15H,3-11,17H2,1-2H3,(H,18,20);2*1H. The third-order valence-electron chi connectivity index (χ3n) is 5.07. The lowest BCUT2D eigenvalue weighted by molar-refractivity contribution is -0.124. The van der Waals surface area contributed by atoms with Crippen LogP contribution in [-0.4, -0.2) is 55.2 Å². The van der Waals surface area contributed by atoms with Crippen molar-refractivity contribution in [2.75, 3.05) is 26.3 Å². The molecule has 2 aliphatic rings. The molecule has 0 aromatic heterocycles. The normalized spacial score (nSPS) is 25.6. The van der Waals surface area contributed by atoms with E-state index in [4.69, 9.17) is 10.5 Å². The zero-order valence-electron chi connectivity index (χ0n) is 14.3. The van der Waals surface area contributed by atoms with E-state index in [0.29, 0.717) is 18.6 Å². The van der Waals surface area contributed by atoms with Gasteiger partial charge in [0.05, 0.1) is 6.04 Å². The first-order chi connectivity index (χ1) is 10.1. The van der Waals surface area contributed by atoms with Gasteiger partial charge in [0.1, 0.15) is 0 Å². The zero-order valence-corrected chi connectivity index (χ0v) is 16.0. The summed E-state index contributed by atoms with van der Waals surface area (Å²) in [4.78, 5) is 14.7. The van der Waals surface area contributed by atoms with E-state index >= 15 is 0 Å². The maximum absolute atomic E-state index is 12.2. The molecule has 0 saturated carbocycles. The average Bonchev–Trinajstić information content (AvgIpc) is 2.52. The van der Waals surface area contributed by atoms with Crippen LogP contribution in [0.5, 0.6) is 0 Å². The van der Waals surface area contributed by atoms with Crippen molar-refractivity contribution in [2.24, 2.45) is 11.7 Å². The van der Waals surface area contributed by atoms with Gasteiger partial charge in [-0.2, -0.15) is 0 Å². The molecule has 0 spiro atoms. The van der Waals surface area contributed by atoms with Gasteiger partial charge in [-0.1, -0.05) is 6.42 Å². The molecule has 7 heteroatoms. The molecule has 2 fully saturated rings. The number of hydrogen-bond acceptors (Lipinski definition) is 4. The van der Waals surface area contributed by atoms with E-state index in [0.717, 1.165) is 32.6 Å². The lowest BCUT2D eigenvalue weighted by Gasteiger charge is -2.38. The molecule has 3 unspecified atom stereocenters. The van der Waals surface area contributed by atoms with Gasteiger partial charge in [-0.15, -0.1) is 24.8 Å². The molecular formula is C16H33Cl2N3O2. The van der Waals surface area contributed by atoms with Gasteiger partial charge in [-0.3, -0.25) is 9.69 Å². The highest BCUT2D eigenvalue weighted by molar-refractivity contribution is 5.85. The van der Waals surface area contributed by atoms with Gasteiger partial charge in [0.25, 0.3) is 0 Å². The van der Waals surface area contributed by atoms with Crippen LogP contribution < -0.4 is 11.1 Å².